The Kier molecular flexibility index (Phi) is 9.86. The lowest BCUT2D eigenvalue weighted by Gasteiger charge is -2.36. The molecule has 1 fully saturated rings. The molecule has 1 aliphatic heterocycles. The summed E-state index contributed by atoms with van der Waals surface area (Å²) in [6, 6.07) is 7.09. The number of aromatic nitrogens is 2. The van der Waals surface area contributed by atoms with Crippen LogP contribution >= 0.6 is 0 Å². The van der Waals surface area contributed by atoms with Crippen molar-refractivity contribution < 1.29 is 35.5 Å². The molecule has 0 unspecified atom stereocenters. The molecule has 9 nitrogen and oxygen atoms in total. The van der Waals surface area contributed by atoms with E-state index in [-0.39, 0.29) is 40.0 Å². The van der Waals surface area contributed by atoms with Crippen LogP contribution in [-0.4, -0.2) is 87.2 Å². The van der Waals surface area contributed by atoms with E-state index in [0.29, 0.717) is 43.1 Å². The summed E-state index contributed by atoms with van der Waals surface area (Å²) < 4.78 is 82.7. The second-order valence-electron chi connectivity index (χ2n) is 10.5. The van der Waals surface area contributed by atoms with Crippen molar-refractivity contribution in [3.63, 3.8) is 0 Å². The van der Waals surface area contributed by atoms with Gasteiger partial charge < -0.3 is 24.8 Å². The lowest BCUT2D eigenvalue weighted by Crippen LogP contribution is -2.50. The van der Waals surface area contributed by atoms with Gasteiger partial charge in [-0.2, -0.15) is 13.2 Å². The first-order chi connectivity index (χ1) is 20.3. The number of carbonyl (C=O) groups excluding carboxylic acids is 1. The van der Waals surface area contributed by atoms with Crippen LogP contribution in [0.5, 0.6) is 5.75 Å². The van der Waals surface area contributed by atoms with Gasteiger partial charge in [-0.1, -0.05) is 18.8 Å². The highest BCUT2D eigenvalue weighted by Crippen LogP contribution is 2.28. The Morgan fingerprint density at radius 3 is 2.65 bits per heavy atom. The number of carbonyl (C=O) groups is 1. The predicted molar refractivity (Wildman–Crippen MR) is 155 cm³/mol. The zero-order valence-corrected chi connectivity index (χ0v) is 24.8. The number of anilines is 1. The second-order valence-corrected chi connectivity index (χ2v) is 12.5. The Labute approximate surface area is 247 Å². The molecule has 2 heterocycles. The van der Waals surface area contributed by atoms with Gasteiger partial charge in [0.25, 0.3) is 5.91 Å². The minimum Gasteiger partial charge on any atom is -0.495 e. The number of hydrogen-bond donors (Lipinski definition) is 2. The molecule has 0 radical (unpaired) electrons. The van der Waals surface area contributed by atoms with Crippen LogP contribution in [0, 0.1) is 17.8 Å². The number of fused-ring (bicyclic) bond motifs is 1. The summed E-state index contributed by atoms with van der Waals surface area (Å²) in [5, 5.41) is 5.98. The number of benzene rings is 2. The summed E-state index contributed by atoms with van der Waals surface area (Å²) in [6.45, 7) is 1.81. The Balaban J connectivity index is 1.61. The van der Waals surface area contributed by atoms with E-state index in [1.807, 2.05) is 11.8 Å². The smallest absolute Gasteiger partial charge is 0.406 e. The summed E-state index contributed by atoms with van der Waals surface area (Å²) in [7, 11) is -2.03. The number of ether oxygens (including phenoxy) is 1. The zero-order valence-electron chi connectivity index (χ0n) is 24.0. The van der Waals surface area contributed by atoms with Gasteiger partial charge in [0.1, 0.15) is 24.5 Å². The van der Waals surface area contributed by atoms with E-state index in [9.17, 15) is 30.8 Å². The molecule has 232 valence electrons. The van der Waals surface area contributed by atoms with E-state index in [1.165, 1.54) is 37.4 Å². The fraction of sp³-hybridized carbons (Fsp3) is 0.448. The normalized spacial score (nSPS) is 17.7. The summed E-state index contributed by atoms with van der Waals surface area (Å²) in [5.41, 5.74) is 1.01. The minimum absolute atomic E-state index is 0.0368. The average molecular weight is 624 g/mol. The molecule has 3 aromatic rings. The Morgan fingerprint density at radius 1 is 1.23 bits per heavy atom. The van der Waals surface area contributed by atoms with Gasteiger partial charge in [0.15, 0.2) is 9.84 Å². The van der Waals surface area contributed by atoms with Crippen LogP contribution in [-0.2, 0) is 16.4 Å². The highest BCUT2D eigenvalue weighted by atomic mass is 32.2. The minimum atomic E-state index is -4.51. The molecule has 2 aromatic carbocycles. The topological polar surface area (TPSA) is 106 Å². The van der Waals surface area contributed by atoms with E-state index in [4.69, 9.17) is 4.74 Å². The third kappa shape index (κ3) is 8.17. The maximum atomic E-state index is 13.4. The van der Waals surface area contributed by atoms with Crippen molar-refractivity contribution in [2.45, 2.75) is 37.0 Å². The number of piperidine rings is 1. The molecule has 1 aliphatic rings. The Bertz CT molecular complexity index is 1650. The van der Waals surface area contributed by atoms with Crippen LogP contribution in [0.3, 0.4) is 0 Å². The number of nitrogens with one attached hydrogen (secondary N) is 2. The first-order valence-electron chi connectivity index (χ1n) is 13.5. The molecule has 14 heteroatoms. The van der Waals surface area contributed by atoms with Crippen LogP contribution in [0.1, 0.15) is 29.3 Å². The van der Waals surface area contributed by atoms with Crippen LogP contribution in [0.2, 0.25) is 0 Å². The molecule has 0 bridgehead atoms. The molecule has 2 atom stereocenters. The van der Waals surface area contributed by atoms with Crippen molar-refractivity contribution in [2.75, 3.05) is 51.5 Å². The highest BCUT2D eigenvalue weighted by molar-refractivity contribution is 7.90. The fourth-order valence-electron chi connectivity index (χ4n) is 5.08. The van der Waals surface area contributed by atoms with Gasteiger partial charge in [0, 0.05) is 37.5 Å². The number of alkyl halides is 4. The Morgan fingerprint density at radius 2 is 2.00 bits per heavy atom. The van der Waals surface area contributed by atoms with Gasteiger partial charge in [-0.15, -0.1) is 0 Å². The maximum Gasteiger partial charge on any atom is 0.406 e. The van der Waals surface area contributed by atoms with E-state index in [0.717, 1.165) is 17.2 Å². The Hall–Kier alpha value is -3.83. The molecule has 4 rings (SSSR count). The number of halogens is 4. The molecule has 1 aromatic heterocycles. The summed E-state index contributed by atoms with van der Waals surface area (Å²) in [5.74, 6) is 5.70. The van der Waals surface area contributed by atoms with E-state index >= 15 is 0 Å². The van der Waals surface area contributed by atoms with Crippen molar-refractivity contribution in [3.8, 4) is 17.6 Å². The molecular weight excluding hydrogens is 590 g/mol. The standard InChI is InChI=1S/C29H33F4N5O4S/c1-19-16-37(12-9-30)11-8-23(19)36-28(39)22-13-20(14-25-27(22)35-18-38(25)17-29(31,32)33)5-4-10-34-24-15-21(43(3,40)41)6-7-26(24)42-2/h6-7,13-15,18-19,23,34H,8-12,16-17H2,1-3H3,(H,36,39)/t19-,23-/m0/s1. The van der Waals surface area contributed by atoms with E-state index in [1.54, 1.807) is 0 Å². The number of imidazole rings is 1. The second kappa shape index (κ2) is 13.2. The van der Waals surface area contributed by atoms with Gasteiger partial charge in [-0.25, -0.2) is 17.8 Å². The number of hydrogen-bond acceptors (Lipinski definition) is 7. The largest absolute Gasteiger partial charge is 0.495 e. The summed E-state index contributed by atoms with van der Waals surface area (Å²) >= 11 is 0. The van der Waals surface area contributed by atoms with Crippen molar-refractivity contribution >= 4 is 32.5 Å². The van der Waals surface area contributed by atoms with Crippen molar-refractivity contribution in [3.05, 3.63) is 47.8 Å². The van der Waals surface area contributed by atoms with Crippen molar-refractivity contribution in [2.24, 2.45) is 5.92 Å². The first-order valence-corrected chi connectivity index (χ1v) is 15.4. The van der Waals surface area contributed by atoms with Gasteiger partial charge in [0.05, 0.1) is 41.6 Å². The third-order valence-electron chi connectivity index (χ3n) is 7.23. The zero-order chi connectivity index (χ0) is 31.4. The third-order valence-corrected chi connectivity index (χ3v) is 8.34. The number of nitrogens with zero attached hydrogens (tertiary/aromatic N) is 3. The number of likely N-dealkylation sites (tertiary alicyclic amines) is 1. The summed E-state index contributed by atoms with van der Waals surface area (Å²) in [6.07, 6.45) is -1.77. The molecule has 1 saturated heterocycles. The monoisotopic (exact) mass is 623 g/mol. The number of amides is 1. The highest BCUT2D eigenvalue weighted by Gasteiger charge is 2.31. The van der Waals surface area contributed by atoms with Crippen molar-refractivity contribution in [1.82, 2.24) is 19.8 Å². The number of sulfone groups is 1. The lowest BCUT2D eigenvalue weighted by atomic mass is 9.93. The number of rotatable bonds is 9. The maximum absolute atomic E-state index is 13.4. The van der Waals surface area contributed by atoms with Gasteiger partial charge in [0.2, 0.25) is 0 Å². The first kappa shape index (κ1) is 32.1. The molecule has 0 aliphatic carbocycles. The van der Waals surface area contributed by atoms with Gasteiger partial charge in [-0.05, 0) is 42.7 Å². The van der Waals surface area contributed by atoms with Crippen LogP contribution in [0.15, 0.2) is 41.6 Å². The molecule has 0 saturated carbocycles. The van der Waals surface area contributed by atoms with Crippen LogP contribution in [0.25, 0.3) is 11.0 Å². The van der Waals surface area contributed by atoms with Crippen molar-refractivity contribution in [1.29, 1.82) is 0 Å². The molecule has 43 heavy (non-hydrogen) atoms. The fourth-order valence-corrected chi connectivity index (χ4v) is 5.73. The van der Waals surface area contributed by atoms with Gasteiger partial charge in [-0.3, -0.25) is 4.79 Å². The quantitative estimate of drug-likeness (QED) is 0.275. The van der Waals surface area contributed by atoms with Crippen LogP contribution < -0.4 is 15.4 Å². The van der Waals surface area contributed by atoms with E-state index in [2.05, 4.69) is 27.5 Å². The molecular formula is C29H33F4N5O4S. The number of methoxy groups -OCH3 is 1. The molecule has 1 amide bonds. The summed E-state index contributed by atoms with van der Waals surface area (Å²) in [4.78, 5) is 19.6. The predicted octanol–water partition coefficient (Wildman–Crippen LogP) is 3.88. The molecule has 0 spiro atoms. The molecule has 2 N–H and O–H groups in total. The average Bonchev–Trinajstić information content (AvgIpc) is 3.32. The lowest BCUT2D eigenvalue weighted by molar-refractivity contribution is -0.139. The van der Waals surface area contributed by atoms with E-state index < -0.39 is 35.1 Å². The van der Waals surface area contributed by atoms with Crippen LogP contribution in [0.4, 0.5) is 23.2 Å². The SMILES string of the molecule is COc1ccc(S(C)(=O)=O)cc1NCC#Cc1cc(C(=O)N[C@H]2CCN(CCF)C[C@@H]2C)c2ncn(CC(F)(F)F)c2c1. The van der Waals surface area contributed by atoms with Gasteiger partial charge >= 0.3 is 6.18 Å².